The Labute approximate surface area is 192 Å². The Hall–Kier alpha value is -3.53. The molecule has 0 saturated carbocycles. The van der Waals surface area contributed by atoms with E-state index in [0.29, 0.717) is 30.2 Å². The average molecular weight is 468 g/mol. The Kier molecular flexibility index (Phi) is 6.28. The number of carbonyl (C=O) groups is 2. The number of rotatable bonds is 5. The molecule has 2 N–H and O–H groups in total. The van der Waals surface area contributed by atoms with E-state index in [0.717, 1.165) is 17.5 Å². The van der Waals surface area contributed by atoms with Crippen molar-refractivity contribution in [1.29, 1.82) is 0 Å². The maximum atomic E-state index is 12.8. The maximum Gasteiger partial charge on any atom is 0.271 e. The Balaban J connectivity index is 1.48. The van der Waals surface area contributed by atoms with Gasteiger partial charge in [-0.1, -0.05) is 12.1 Å². The van der Waals surface area contributed by atoms with Gasteiger partial charge in [0.25, 0.3) is 15.9 Å². The van der Waals surface area contributed by atoms with Gasteiger partial charge in [-0.05, 0) is 61.7 Å². The molecule has 0 saturated heterocycles. The molecular weight excluding hydrogens is 442 g/mol. The van der Waals surface area contributed by atoms with Crippen molar-refractivity contribution in [3.8, 4) is 0 Å². The molecule has 0 bridgehead atoms. The fourth-order valence-electron chi connectivity index (χ4n) is 3.61. The molecule has 0 spiro atoms. The summed E-state index contributed by atoms with van der Waals surface area (Å²) in [4.78, 5) is 29.5. The van der Waals surface area contributed by atoms with E-state index in [2.05, 4.69) is 20.1 Å². The molecule has 0 unspecified atom stereocenters. The molecule has 172 valence electrons. The van der Waals surface area contributed by atoms with E-state index in [-0.39, 0.29) is 29.4 Å². The number of amides is 2. The maximum absolute atomic E-state index is 12.8. The van der Waals surface area contributed by atoms with Gasteiger partial charge in [0.1, 0.15) is 11.5 Å². The van der Waals surface area contributed by atoms with Crippen LogP contribution in [-0.2, 0) is 19.6 Å². The largest absolute Gasteiger partial charge is 0.321 e. The molecule has 0 atom stereocenters. The van der Waals surface area contributed by atoms with Gasteiger partial charge in [0.05, 0.1) is 10.6 Å². The Morgan fingerprint density at radius 3 is 2.48 bits per heavy atom. The SMILES string of the molecule is Cc1ccc(C)c(N2N=C(C(=O)Nc3ccc(S(=O)(=O)NC4=NCCC4)cc3)CCC2=O)c1. The summed E-state index contributed by atoms with van der Waals surface area (Å²) in [7, 11) is -3.72. The lowest BCUT2D eigenvalue weighted by Crippen LogP contribution is -2.36. The molecule has 2 amide bonds. The summed E-state index contributed by atoms with van der Waals surface area (Å²) in [6.07, 6.45) is 1.84. The van der Waals surface area contributed by atoms with Crippen LogP contribution < -0.4 is 15.0 Å². The zero-order chi connectivity index (χ0) is 23.6. The van der Waals surface area contributed by atoms with E-state index in [1.165, 1.54) is 29.3 Å². The van der Waals surface area contributed by atoms with Crippen molar-refractivity contribution in [2.24, 2.45) is 10.1 Å². The quantitative estimate of drug-likeness (QED) is 0.702. The second-order valence-corrected chi connectivity index (χ2v) is 9.74. The van der Waals surface area contributed by atoms with Crippen molar-refractivity contribution in [2.45, 2.75) is 44.4 Å². The number of anilines is 2. The summed E-state index contributed by atoms with van der Waals surface area (Å²) >= 11 is 0. The molecule has 9 nitrogen and oxygen atoms in total. The fraction of sp³-hybridized carbons (Fsp3) is 0.304. The lowest BCUT2D eigenvalue weighted by molar-refractivity contribution is -0.118. The van der Waals surface area contributed by atoms with Crippen molar-refractivity contribution in [2.75, 3.05) is 16.9 Å². The highest BCUT2D eigenvalue weighted by Crippen LogP contribution is 2.26. The number of amidine groups is 1. The van der Waals surface area contributed by atoms with Crippen LogP contribution in [0, 0.1) is 13.8 Å². The van der Waals surface area contributed by atoms with Crippen LogP contribution in [0.15, 0.2) is 57.5 Å². The van der Waals surface area contributed by atoms with E-state index in [1.807, 2.05) is 32.0 Å². The standard InChI is InChI=1S/C23H25N5O4S/c1-15-5-6-16(2)20(14-15)28-22(29)12-11-19(26-28)23(30)25-17-7-9-18(10-8-17)33(31,32)27-21-4-3-13-24-21/h5-10,14H,3-4,11-13H2,1-2H3,(H,24,27)(H,25,30). The third kappa shape index (κ3) is 5.11. The highest BCUT2D eigenvalue weighted by Gasteiger charge is 2.27. The van der Waals surface area contributed by atoms with Crippen molar-refractivity contribution in [3.05, 3.63) is 53.6 Å². The third-order valence-electron chi connectivity index (χ3n) is 5.44. The first kappa shape index (κ1) is 22.7. The number of hydrazone groups is 1. The van der Waals surface area contributed by atoms with E-state index < -0.39 is 15.9 Å². The molecule has 0 radical (unpaired) electrons. The van der Waals surface area contributed by atoms with Crippen LogP contribution in [-0.4, -0.2) is 38.3 Å². The van der Waals surface area contributed by atoms with Crippen molar-refractivity contribution < 1.29 is 18.0 Å². The van der Waals surface area contributed by atoms with E-state index in [9.17, 15) is 18.0 Å². The normalized spacial score (nSPS) is 16.3. The second-order valence-electron chi connectivity index (χ2n) is 8.06. The first-order valence-electron chi connectivity index (χ1n) is 10.7. The van der Waals surface area contributed by atoms with Crippen molar-refractivity contribution >= 4 is 44.8 Å². The minimum Gasteiger partial charge on any atom is -0.321 e. The molecule has 2 heterocycles. The van der Waals surface area contributed by atoms with Crippen LogP contribution in [0.1, 0.15) is 36.8 Å². The fourth-order valence-corrected chi connectivity index (χ4v) is 4.70. The van der Waals surface area contributed by atoms with Crippen molar-refractivity contribution in [1.82, 2.24) is 4.72 Å². The van der Waals surface area contributed by atoms with Gasteiger partial charge >= 0.3 is 0 Å². The average Bonchev–Trinajstić information content (AvgIpc) is 3.28. The van der Waals surface area contributed by atoms with Gasteiger partial charge in [-0.2, -0.15) is 5.10 Å². The van der Waals surface area contributed by atoms with Gasteiger partial charge in [-0.3, -0.25) is 19.3 Å². The van der Waals surface area contributed by atoms with Crippen LogP contribution in [0.4, 0.5) is 11.4 Å². The lowest BCUT2D eigenvalue weighted by atomic mass is 10.1. The van der Waals surface area contributed by atoms with Crippen LogP contribution in [0.25, 0.3) is 0 Å². The van der Waals surface area contributed by atoms with Crippen LogP contribution in [0.2, 0.25) is 0 Å². The summed E-state index contributed by atoms with van der Waals surface area (Å²) in [6.45, 7) is 4.43. The summed E-state index contributed by atoms with van der Waals surface area (Å²) < 4.78 is 27.5. The molecule has 2 aromatic rings. The van der Waals surface area contributed by atoms with Gasteiger partial charge in [0.15, 0.2) is 0 Å². The van der Waals surface area contributed by atoms with E-state index in [4.69, 9.17) is 0 Å². The lowest BCUT2D eigenvalue weighted by Gasteiger charge is -2.24. The second kappa shape index (κ2) is 9.14. The number of nitrogens with one attached hydrogen (secondary N) is 2. The first-order chi connectivity index (χ1) is 15.7. The molecule has 2 aliphatic rings. The van der Waals surface area contributed by atoms with Crippen LogP contribution in [0.3, 0.4) is 0 Å². The minimum absolute atomic E-state index is 0.0804. The van der Waals surface area contributed by atoms with Gasteiger partial charge in [-0.15, -0.1) is 0 Å². The summed E-state index contributed by atoms with van der Waals surface area (Å²) in [5.74, 6) is -0.147. The number of benzene rings is 2. The molecule has 0 fully saturated rings. The number of aliphatic imine (C=N–C) groups is 1. The molecule has 33 heavy (non-hydrogen) atoms. The van der Waals surface area contributed by atoms with Gasteiger partial charge in [0, 0.05) is 31.5 Å². The molecule has 0 aliphatic carbocycles. The predicted octanol–water partition coefficient (Wildman–Crippen LogP) is 2.90. The Bertz CT molecular complexity index is 1270. The zero-order valence-electron chi connectivity index (χ0n) is 18.5. The van der Waals surface area contributed by atoms with Crippen molar-refractivity contribution in [3.63, 3.8) is 0 Å². The van der Waals surface area contributed by atoms with Crippen LogP contribution in [0.5, 0.6) is 0 Å². The third-order valence-corrected chi connectivity index (χ3v) is 6.83. The summed E-state index contributed by atoms with van der Waals surface area (Å²) in [5.41, 5.74) is 3.18. The summed E-state index contributed by atoms with van der Waals surface area (Å²) in [5, 5.41) is 8.33. The number of carbonyl (C=O) groups excluding carboxylic acids is 2. The van der Waals surface area contributed by atoms with Gasteiger partial charge in [0.2, 0.25) is 5.91 Å². The first-order valence-corrected chi connectivity index (χ1v) is 12.2. The number of nitrogens with zero attached hydrogens (tertiary/aromatic N) is 3. The molecule has 0 aromatic heterocycles. The molecular formula is C23H25N5O4S. The minimum atomic E-state index is -3.72. The van der Waals surface area contributed by atoms with E-state index in [1.54, 1.807) is 0 Å². The molecule has 10 heteroatoms. The number of sulfonamides is 1. The molecule has 4 rings (SSSR count). The molecule has 2 aliphatic heterocycles. The zero-order valence-corrected chi connectivity index (χ0v) is 19.3. The smallest absolute Gasteiger partial charge is 0.271 e. The monoisotopic (exact) mass is 467 g/mol. The van der Waals surface area contributed by atoms with E-state index >= 15 is 0 Å². The summed E-state index contributed by atoms with van der Waals surface area (Å²) in [6, 6.07) is 11.6. The van der Waals surface area contributed by atoms with Gasteiger partial charge < -0.3 is 5.32 Å². The highest BCUT2D eigenvalue weighted by molar-refractivity contribution is 7.90. The highest BCUT2D eigenvalue weighted by atomic mass is 32.2. The molecule has 2 aromatic carbocycles. The Morgan fingerprint density at radius 1 is 1.03 bits per heavy atom. The topological polar surface area (TPSA) is 120 Å². The number of aryl methyl sites for hydroxylation is 2. The Morgan fingerprint density at radius 2 is 1.79 bits per heavy atom. The number of hydrogen-bond donors (Lipinski definition) is 2. The van der Waals surface area contributed by atoms with Gasteiger partial charge in [-0.25, -0.2) is 13.4 Å². The number of hydrogen-bond acceptors (Lipinski definition) is 6. The predicted molar refractivity (Wildman–Crippen MR) is 127 cm³/mol. The van der Waals surface area contributed by atoms with Crippen LogP contribution >= 0.6 is 0 Å².